The first-order valence-electron chi connectivity index (χ1n) is 13.2. The van der Waals surface area contributed by atoms with Crippen LogP contribution in [0.1, 0.15) is 37.4 Å². The van der Waals surface area contributed by atoms with E-state index < -0.39 is 24.0 Å². The Kier molecular flexibility index (Phi) is 9.28. The number of nitrogens with one attached hydrogen (secondary N) is 3. The van der Waals surface area contributed by atoms with Crippen molar-refractivity contribution in [3.63, 3.8) is 0 Å². The molecule has 2 aliphatic rings. The first-order valence-corrected chi connectivity index (χ1v) is 13.2. The van der Waals surface area contributed by atoms with Gasteiger partial charge < -0.3 is 25.6 Å². The van der Waals surface area contributed by atoms with Gasteiger partial charge in [-0.05, 0) is 68.4 Å². The Morgan fingerprint density at radius 1 is 1.08 bits per heavy atom. The monoisotopic (exact) mass is 525 g/mol. The van der Waals surface area contributed by atoms with E-state index in [-0.39, 0.29) is 30.0 Å². The van der Waals surface area contributed by atoms with Crippen molar-refractivity contribution >= 4 is 17.7 Å². The van der Waals surface area contributed by atoms with Crippen molar-refractivity contribution in [2.45, 2.75) is 57.2 Å². The van der Waals surface area contributed by atoms with Gasteiger partial charge in [-0.25, -0.2) is 4.39 Å². The van der Waals surface area contributed by atoms with Crippen LogP contribution in [-0.4, -0.2) is 72.5 Å². The van der Waals surface area contributed by atoms with Gasteiger partial charge in [-0.3, -0.25) is 19.4 Å². The van der Waals surface area contributed by atoms with E-state index in [0.29, 0.717) is 43.9 Å². The van der Waals surface area contributed by atoms with E-state index in [1.807, 2.05) is 12.1 Å². The average molecular weight is 526 g/mol. The van der Waals surface area contributed by atoms with E-state index in [4.69, 9.17) is 4.74 Å². The summed E-state index contributed by atoms with van der Waals surface area (Å²) in [7, 11) is 1.61. The van der Waals surface area contributed by atoms with Crippen LogP contribution in [0.5, 0.6) is 5.75 Å². The number of likely N-dealkylation sites (N-methyl/N-ethyl adjacent to an activating group) is 1. The van der Waals surface area contributed by atoms with E-state index in [0.717, 1.165) is 18.5 Å². The molecule has 3 atom stereocenters. The third kappa shape index (κ3) is 7.28. The summed E-state index contributed by atoms with van der Waals surface area (Å²) in [5.41, 5.74) is 1.50. The lowest BCUT2D eigenvalue weighted by Crippen LogP contribution is -2.56. The molecule has 3 N–H and O–H groups in total. The summed E-state index contributed by atoms with van der Waals surface area (Å²) >= 11 is 0. The van der Waals surface area contributed by atoms with Gasteiger partial charge in [-0.2, -0.15) is 0 Å². The van der Waals surface area contributed by atoms with Gasteiger partial charge >= 0.3 is 0 Å². The molecule has 1 saturated carbocycles. The average Bonchev–Trinajstić information content (AvgIpc) is 3.76. The Balaban J connectivity index is 1.54. The van der Waals surface area contributed by atoms with Gasteiger partial charge in [-0.15, -0.1) is 0 Å². The van der Waals surface area contributed by atoms with Crippen LogP contribution in [0.25, 0.3) is 0 Å². The van der Waals surface area contributed by atoms with Crippen molar-refractivity contribution in [1.82, 2.24) is 25.8 Å². The Bertz CT molecular complexity index is 1120. The quantitative estimate of drug-likeness (QED) is 0.561. The molecule has 2 aromatic rings. The van der Waals surface area contributed by atoms with Crippen LogP contribution in [0.3, 0.4) is 0 Å². The molecule has 0 spiro atoms. The van der Waals surface area contributed by atoms with E-state index in [1.165, 1.54) is 17.0 Å². The molecule has 0 saturated heterocycles. The van der Waals surface area contributed by atoms with Crippen LogP contribution in [0.4, 0.5) is 4.39 Å². The van der Waals surface area contributed by atoms with Crippen LogP contribution in [0, 0.1) is 11.7 Å². The second kappa shape index (κ2) is 12.8. The molecule has 9 nitrogen and oxygen atoms in total. The van der Waals surface area contributed by atoms with Crippen LogP contribution in [0.15, 0.2) is 42.6 Å². The molecule has 2 heterocycles. The number of carbonyl (C=O) groups excluding carboxylic acids is 3. The fraction of sp³-hybridized carbons (Fsp3) is 0.500. The number of halogens is 1. The third-order valence-electron chi connectivity index (χ3n) is 7.12. The molecule has 1 fully saturated rings. The van der Waals surface area contributed by atoms with Gasteiger partial charge in [0.2, 0.25) is 17.7 Å². The number of aryl methyl sites for hydroxylation is 1. The predicted octanol–water partition coefficient (Wildman–Crippen LogP) is 1.60. The third-order valence-corrected chi connectivity index (χ3v) is 7.12. The maximum Gasteiger partial charge on any atom is 0.243 e. The highest BCUT2D eigenvalue weighted by molar-refractivity contribution is 5.93. The molecule has 4 rings (SSSR count). The summed E-state index contributed by atoms with van der Waals surface area (Å²) in [6.45, 7) is 2.88. The lowest BCUT2D eigenvalue weighted by molar-refractivity contribution is -0.141. The zero-order chi connectivity index (χ0) is 27.1. The maximum atomic E-state index is 13.4. The highest BCUT2D eigenvalue weighted by Gasteiger charge is 2.39. The molecule has 1 aromatic carbocycles. The molecule has 1 aromatic heterocycles. The van der Waals surface area contributed by atoms with E-state index in [9.17, 15) is 18.8 Å². The number of carbonyl (C=O) groups is 3. The molecule has 1 aliphatic carbocycles. The van der Waals surface area contributed by atoms with Gasteiger partial charge in [-0.1, -0.05) is 12.1 Å². The largest absolute Gasteiger partial charge is 0.490 e. The Morgan fingerprint density at radius 3 is 2.58 bits per heavy atom. The Morgan fingerprint density at radius 2 is 1.84 bits per heavy atom. The van der Waals surface area contributed by atoms with Gasteiger partial charge in [0.25, 0.3) is 0 Å². The molecule has 204 valence electrons. The summed E-state index contributed by atoms with van der Waals surface area (Å²) in [4.78, 5) is 45.6. The fourth-order valence-corrected chi connectivity index (χ4v) is 4.54. The van der Waals surface area contributed by atoms with Crippen molar-refractivity contribution in [1.29, 1.82) is 0 Å². The number of fused-ring (bicyclic) bond motifs is 1. The summed E-state index contributed by atoms with van der Waals surface area (Å²) in [6.07, 6.45) is 5.03. The number of nitrogens with zero attached hydrogens (tertiary/aromatic N) is 2. The number of aromatic nitrogens is 1. The highest BCUT2D eigenvalue weighted by Crippen LogP contribution is 2.33. The number of benzene rings is 1. The SMILES string of the molecule is CC1C(=O)NC(Cc2ccc(F)cc2)C(=O)NCCCc2ncccc2OCCNC(C2CC2)C(=O)N1C. The van der Waals surface area contributed by atoms with Gasteiger partial charge in [0.05, 0.1) is 11.7 Å². The molecular weight excluding hydrogens is 489 g/mol. The predicted molar refractivity (Wildman–Crippen MR) is 140 cm³/mol. The summed E-state index contributed by atoms with van der Waals surface area (Å²) in [6, 6.07) is 7.42. The normalized spacial score (nSPS) is 24.3. The lowest BCUT2D eigenvalue weighted by Gasteiger charge is -2.30. The Labute approximate surface area is 222 Å². The van der Waals surface area contributed by atoms with Crippen molar-refractivity contribution < 1.29 is 23.5 Å². The maximum absolute atomic E-state index is 13.4. The minimum atomic E-state index is -0.885. The van der Waals surface area contributed by atoms with Gasteiger partial charge in [0.15, 0.2) is 0 Å². The van der Waals surface area contributed by atoms with E-state index in [1.54, 1.807) is 32.3 Å². The first-order chi connectivity index (χ1) is 18.3. The number of hydrogen-bond donors (Lipinski definition) is 3. The number of hydrogen-bond acceptors (Lipinski definition) is 6. The minimum absolute atomic E-state index is 0.169. The van der Waals surface area contributed by atoms with E-state index in [2.05, 4.69) is 20.9 Å². The zero-order valence-corrected chi connectivity index (χ0v) is 21.9. The molecule has 38 heavy (non-hydrogen) atoms. The van der Waals surface area contributed by atoms with Crippen molar-refractivity contribution in [3.8, 4) is 5.75 Å². The standard InChI is InChI=1S/C28H36FN5O4/c1-18-26(35)33-23(17-19-7-11-21(29)12-8-19)27(36)32-14-3-5-22-24(6-4-13-30-22)38-16-15-31-25(20-9-10-20)28(37)34(18)2/h4,6-8,11-13,18,20,23,25,31H,3,5,9-10,14-17H2,1-2H3,(H,32,36)(H,33,35). The molecule has 0 radical (unpaired) electrons. The van der Waals surface area contributed by atoms with Crippen LogP contribution >= 0.6 is 0 Å². The second-order valence-electron chi connectivity index (χ2n) is 9.98. The van der Waals surface area contributed by atoms with Crippen molar-refractivity contribution in [3.05, 3.63) is 59.7 Å². The number of rotatable bonds is 3. The zero-order valence-electron chi connectivity index (χ0n) is 21.9. The highest BCUT2D eigenvalue weighted by atomic mass is 19.1. The number of amides is 3. The summed E-state index contributed by atoms with van der Waals surface area (Å²) in [5, 5.41) is 9.04. The van der Waals surface area contributed by atoms with Crippen LogP contribution in [0.2, 0.25) is 0 Å². The smallest absolute Gasteiger partial charge is 0.243 e. The fourth-order valence-electron chi connectivity index (χ4n) is 4.54. The molecule has 3 unspecified atom stereocenters. The lowest BCUT2D eigenvalue weighted by atomic mass is 10.0. The van der Waals surface area contributed by atoms with Gasteiger partial charge in [0.1, 0.15) is 30.3 Å². The van der Waals surface area contributed by atoms with Crippen molar-refractivity contribution in [2.24, 2.45) is 5.92 Å². The Hall–Kier alpha value is -3.53. The minimum Gasteiger partial charge on any atom is -0.490 e. The van der Waals surface area contributed by atoms with Gasteiger partial charge in [0, 0.05) is 32.8 Å². The summed E-state index contributed by atoms with van der Waals surface area (Å²) in [5.74, 6) is -0.421. The van der Waals surface area contributed by atoms with Crippen molar-refractivity contribution in [2.75, 3.05) is 26.7 Å². The number of ether oxygens (including phenoxy) is 1. The molecular formula is C28H36FN5O4. The first kappa shape index (κ1) is 27.5. The molecule has 0 bridgehead atoms. The molecule has 3 amide bonds. The number of pyridine rings is 1. The van der Waals surface area contributed by atoms with Crippen LogP contribution in [-0.2, 0) is 27.2 Å². The van der Waals surface area contributed by atoms with Crippen LogP contribution < -0.4 is 20.7 Å². The summed E-state index contributed by atoms with van der Waals surface area (Å²) < 4.78 is 19.4. The molecule has 1 aliphatic heterocycles. The van der Waals surface area contributed by atoms with E-state index >= 15 is 0 Å². The molecule has 10 heteroatoms. The topological polar surface area (TPSA) is 113 Å². The second-order valence-corrected chi connectivity index (χ2v) is 9.98.